The van der Waals surface area contributed by atoms with Crippen LogP contribution in [0, 0.1) is 0 Å². The minimum absolute atomic E-state index is 0.150. The van der Waals surface area contributed by atoms with Gasteiger partial charge in [0.2, 0.25) is 5.95 Å². The lowest BCUT2D eigenvalue weighted by atomic mass is 10.1. The van der Waals surface area contributed by atoms with E-state index in [0.29, 0.717) is 28.0 Å². The Kier molecular flexibility index (Phi) is 7.03. The molecule has 0 amide bonds. The second-order valence-electron chi connectivity index (χ2n) is 7.02. The molecule has 34 heavy (non-hydrogen) atoms. The van der Waals surface area contributed by atoms with Gasteiger partial charge in [0.05, 0.1) is 12.2 Å². The highest BCUT2D eigenvalue weighted by Crippen LogP contribution is 2.26. The van der Waals surface area contributed by atoms with Gasteiger partial charge in [0.15, 0.2) is 5.82 Å². The van der Waals surface area contributed by atoms with Crippen LogP contribution in [0.15, 0.2) is 95.2 Å². The van der Waals surface area contributed by atoms with Crippen molar-refractivity contribution in [2.75, 3.05) is 5.32 Å². The van der Waals surface area contributed by atoms with E-state index in [1.807, 2.05) is 30.3 Å². The van der Waals surface area contributed by atoms with Crippen LogP contribution in [0.3, 0.4) is 0 Å². The number of nitrogens with zero attached hydrogens (tertiary/aromatic N) is 4. The highest BCUT2D eigenvalue weighted by molar-refractivity contribution is 6.30. The number of nitrogens with one attached hydrogen (secondary N) is 1. The van der Waals surface area contributed by atoms with Crippen molar-refractivity contribution in [3.8, 4) is 17.0 Å². The Morgan fingerprint density at radius 2 is 1.59 bits per heavy atom. The van der Waals surface area contributed by atoms with Gasteiger partial charge in [-0.1, -0.05) is 54.1 Å². The topological polar surface area (TPSA) is 71.8 Å². The summed E-state index contributed by atoms with van der Waals surface area (Å²) in [7, 11) is 0. The van der Waals surface area contributed by atoms with Gasteiger partial charge in [-0.25, -0.2) is 4.98 Å². The third-order valence-corrected chi connectivity index (χ3v) is 4.72. The third kappa shape index (κ3) is 6.76. The lowest BCUT2D eigenvalue weighted by molar-refractivity contribution is -0.274. The molecule has 0 radical (unpaired) electrons. The molecule has 1 aromatic heterocycles. The normalized spacial score (nSPS) is 11.5. The number of alkyl halides is 3. The lowest BCUT2D eigenvalue weighted by Gasteiger charge is -2.09. The molecule has 4 aromatic rings. The predicted molar refractivity (Wildman–Crippen MR) is 124 cm³/mol. The third-order valence-electron chi connectivity index (χ3n) is 4.47. The maximum Gasteiger partial charge on any atom is 0.573 e. The summed E-state index contributed by atoms with van der Waals surface area (Å²) in [5.41, 5.74) is 2.93. The van der Waals surface area contributed by atoms with Gasteiger partial charge < -0.3 is 10.1 Å². The summed E-state index contributed by atoms with van der Waals surface area (Å²) in [5, 5.41) is 12.1. The molecule has 0 saturated carbocycles. The fourth-order valence-electron chi connectivity index (χ4n) is 2.95. The number of ether oxygens (including phenoxy) is 1. The summed E-state index contributed by atoms with van der Waals surface area (Å²) in [6, 6.07) is 23.8. The molecule has 0 atom stereocenters. The van der Waals surface area contributed by atoms with E-state index in [2.05, 4.69) is 30.3 Å². The van der Waals surface area contributed by atoms with Crippen LogP contribution in [0.2, 0.25) is 5.02 Å². The summed E-state index contributed by atoms with van der Waals surface area (Å²) >= 11 is 5.95. The van der Waals surface area contributed by atoms with Crippen LogP contribution in [-0.2, 0) is 6.54 Å². The Balaban J connectivity index is 1.54. The molecule has 0 spiro atoms. The molecule has 0 saturated heterocycles. The number of hydrogen-bond acceptors (Lipinski definition) is 6. The summed E-state index contributed by atoms with van der Waals surface area (Å²) in [6.07, 6.45) is -4.73. The molecule has 0 aliphatic carbocycles. The van der Waals surface area contributed by atoms with Gasteiger partial charge in [-0.2, -0.15) is 10.1 Å². The number of anilines is 2. The van der Waals surface area contributed by atoms with E-state index in [-0.39, 0.29) is 12.3 Å². The Morgan fingerprint density at radius 1 is 0.882 bits per heavy atom. The van der Waals surface area contributed by atoms with E-state index >= 15 is 0 Å². The van der Waals surface area contributed by atoms with Crippen molar-refractivity contribution in [1.82, 2.24) is 9.97 Å². The van der Waals surface area contributed by atoms with Gasteiger partial charge in [-0.15, -0.1) is 18.3 Å². The molecule has 0 bridgehead atoms. The average Bonchev–Trinajstić information content (AvgIpc) is 2.81. The zero-order chi connectivity index (χ0) is 24.0. The number of halogens is 4. The maximum absolute atomic E-state index is 12.3. The minimum atomic E-state index is -4.73. The molecule has 3 aromatic carbocycles. The van der Waals surface area contributed by atoms with Gasteiger partial charge in [-0.05, 0) is 42.0 Å². The molecule has 0 fully saturated rings. The summed E-state index contributed by atoms with van der Waals surface area (Å²) < 4.78 is 40.8. The molecule has 1 heterocycles. The number of hydrogen-bond donors (Lipinski definition) is 1. The first kappa shape index (κ1) is 23.2. The molecule has 172 valence electrons. The Bertz CT molecular complexity index is 1260. The summed E-state index contributed by atoms with van der Waals surface area (Å²) in [5.74, 6) is 0.350. The monoisotopic (exact) mass is 483 g/mol. The predicted octanol–water partition coefficient (Wildman–Crippen LogP) is 7.72. The fourth-order valence-corrected chi connectivity index (χ4v) is 3.07. The fraction of sp³-hybridized carbons (Fsp3) is 0.0833. The lowest BCUT2D eigenvalue weighted by Crippen LogP contribution is -2.16. The molecular formula is C24H17ClF3N5O. The second kappa shape index (κ2) is 10.3. The highest BCUT2D eigenvalue weighted by Gasteiger charge is 2.30. The van der Waals surface area contributed by atoms with Crippen LogP contribution < -0.4 is 10.1 Å². The quantitative estimate of drug-likeness (QED) is 0.273. The first-order valence-corrected chi connectivity index (χ1v) is 10.4. The Labute approximate surface area is 198 Å². The molecule has 0 aliphatic heterocycles. The van der Waals surface area contributed by atoms with Crippen LogP contribution in [-0.4, -0.2) is 16.3 Å². The molecule has 4 rings (SSSR count). The van der Waals surface area contributed by atoms with Crippen LogP contribution in [0.1, 0.15) is 5.56 Å². The molecule has 0 aliphatic rings. The van der Waals surface area contributed by atoms with Gasteiger partial charge in [-0.3, -0.25) is 0 Å². The van der Waals surface area contributed by atoms with Crippen LogP contribution >= 0.6 is 11.6 Å². The molecule has 10 heteroatoms. The molecule has 6 nitrogen and oxygen atoms in total. The van der Waals surface area contributed by atoms with E-state index in [4.69, 9.17) is 11.6 Å². The first-order valence-electron chi connectivity index (χ1n) is 10.0. The minimum Gasteiger partial charge on any atom is -0.406 e. The van der Waals surface area contributed by atoms with E-state index in [1.165, 1.54) is 24.3 Å². The van der Waals surface area contributed by atoms with Crippen molar-refractivity contribution in [3.63, 3.8) is 0 Å². The smallest absolute Gasteiger partial charge is 0.406 e. The van der Waals surface area contributed by atoms with E-state index in [9.17, 15) is 13.2 Å². The van der Waals surface area contributed by atoms with Crippen molar-refractivity contribution in [1.29, 1.82) is 0 Å². The van der Waals surface area contributed by atoms with Gasteiger partial charge in [0.25, 0.3) is 0 Å². The largest absolute Gasteiger partial charge is 0.573 e. The van der Waals surface area contributed by atoms with Crippen LogP contribution in [0.25, 0.3) is 11.3 Å². The first-order chi connectivity index (χ1) is 16.3. The van der Waals surface area contributed by atoms with Crippen molar-refractivity contribution in [2.24, 2.45) is 10.2 Å². The Hall–Kier alpha value is -3.98. The van der Waals surface area contributed by atoms with Gasteiger partial charge in [0, 0.05) is 22.3 Å². The van der Waals surface area contributed by atoms with Crippen molar-refractivity contribution in [3.05, 3.63) is 95.5 Å². The average molecular weight is 484 g/mol. The summed E-state index contributed by atoms with van der Waals surface area (Å²) in [6.45, 7) is 0.150. The molecule has 0 unspecified atom stereocenters. The number of aromatic nitrogens is 2. The highest BCUT2D eigenvalue weighted by atomic mass is 35.5. The SMILES string of the molecule is FC(F)(F)Oc1ccc(CN=Nc2cc(-c3ccccc3)nc(Nc3ccc(Cl)cc3)n2)cc1. The molecular weight excluding hydrogens is 467 g/mol. The van der Waals surface area contributed by atoms with Crippen molar-refractivity contribution in [2.45, 2.75) is 12.9 Å². The second-order valence-corrected chi connectivity index (χ2v) is 7.46. The molecule has 1 N–H and O–H groups in total. The number of benzene rings is 3. The number of azo groups is 1. The zero-order valence-electron chi connectivity index (χ0n) is 17.5. The summed E-state index contributed by atoms with van der Waals surface area (Å²) in [4.78, 5) is 8.97. The van der Waals surface area contributed by atoms with Crippen molar-refractivity contribution < 1.29 is 17.9 Å². The van der Waals surface area contributed by atoms with Crippen molar-refractivity contribution >= 4 is 29.1 Å². The maximum atomic E-state index is 12.3. The van der Waals surface area contributed by atoms with Gasteiger partial charge in [0.1, 0.15) is 5.75 Å². The van der Waals surface area contributed by atoms with Gasteiger partial charge >= 0.3 is 6.36 Å². The van der Waals surface area contributed by atoms with E-state index in [1.54, 1.807) is 30.3 Å². The zero-order valence-corrected chi connectivity index (χ0v) is 18.3. The van der Waals surface area contributed by atoms with E-state index in [0.717, 1.165) is 11.3 Å². The van der Waals surface area contributed by atoms with Crippen LogP contribution in [0.5, 0.6) is 5.75 Å². The number of rotatable bonds is 7. The Morgan fingerprint density at radius 3 is 2.26 bits per heavy atom. The standard InChI is InChI=1S/C24H17ClF3N5O/c25-18-8-10-19(11-9-18)30-23-31-21(17-4-2-1-3-5-17)14-22(32-23)33-29-15-16-6-12-20(13-7-16)34-24(26,27)28/h1-14H,15H2,(H,30,31,32). The van der Waals surface area contributed by atoms with E-state index < -0.39 is 6.36 Å². The van der Waals surface area contributed by atoms with Crippen LogP contribution in [0.4, 0.5) is 30.6 Å².